The number of amides is 1. The van der Waals surface area contributed by atoms with Gasteiger partial charge in [-0.05, 0) is 29.8 Å². The number of benzene rings is 1. The fourth-order valence-corrected chi connectivity index (χ4v) is 3.02. The third kappa shape index (κ3) is 4.28. The number of thiazole rings is 1. The van der Waals surface area contributed by atoms with Gasteiger partial charge < -0.3 is 4.74 Å². The Morgan fingerprint density at radius 3 is 2.54 bits per heavy atom. The number of hydrogen-bond donors (Lipinski definition) is 1. The summed E-state index contributed by atoms with van der Waals surface area (Å²) in [5, 5.41) is 3.10. The number of pyridine rings is 1. The highest BCUT2D eigenvalue weighted by molar-refractivity contribution is 7.15. The van der Waals surface area contributed by atoms with Gasteiger partial charge in [0.15, 0.2) is 5.13 Å². The minimum atomic E-state index is -0.519. The van der Waals surface area contributed by atoms with Crippen molar-refractivity contribution < 1.29 is 18.7 Å². The molecule has 0 bridgehead atoms. The number of aromatic nitrogens is 2. The molecule has 0 aliphatic rings. The molecule has 0 atom stereocenters. The number of carbonyl (C=O) groups is 2. The molecule has 132 valence electrons. The Labute approximate surface area is 152 Å². The van der Waals surface area contributed by atoms with Gasteiger partial charge >= 0.3 is 5.97 Å². The normalized spacial score (nSPS) is 10.4. The highest BCUT2D eigenvalue weighted by atomic mass is 32.1. The first-order valence-electron chi connectivity index (χ1n) is 7.60. The molecule has 0 aliphatic heterocycles. The number of hydrogen-bond acceptors (Lipinski definition) is 6. The van der Waals surface area contributed by atoms with E-state index in [4.69, 9.17) is 0 Å². The first-order valence-corrected chi connectivity index (χ1v) is 8.41. The van der Waals surface area contributed by atoms with E-state index in [-0.39, 0.29) is 17.1 Å². The van der Waals surface area contributed by atoms with Crippen LogP contribution in [0, 0.1) is 5.82 Å². The minimum Gasteiger partial charge on any atom is -0.465 e. The summed E-state index contributed by atoms with van der Waals surface area (Å²) in [5.41, 5.74) is 1.38. The number of nitrogens with zero attached hydrogens (tertiary/aromatic N) is 2. The highest BCUT2D eigenvalue weighted by Gasteiger charge is 2.12. The van der Waals surface area contributed by atoms with Gasteiger partial charge in [0.05, 0.1) is 12.7 Å². The van der Waals surface area contributed by atoms with E-state index in [1.165, 1.54) is 48.9 Å². The number of rotatable bonds is 5. The molecule has 2 heterocycles. The molecule has 0 fully saturated rings. The Morgan fingerprint density at radius 1 is 1.12 bits per heavy atom. The second-order valence-electron chi connectivity index (χ2n) is 5.31. The summed E-state index contributed by atoms with van der Waals surface area (Å²) in [4.78, 5) is 32.6. The molecule has 3 rings (SSSR count). The molecule has 1 N–H and O–H groups in total. The Kier molecular flexibility index (Phi) is 5.33. The van der Waals surface area contributed by atoms with Crippen LogP contribution in [0.3, 0.4) is 0 Å². The van der Waals surface area contributed by atoms with E-state index < -0.39 is 11.9 Å². The summed E-state index contributed by atoms with van der Waals surface area (Å²) < 4.78 is 17.5. The van der Waals surface area contributed by atoms with Crippen molar-refractivity contribution in [3.05, 3.63) is 76.3 Å². The summed E-state index contributed by atoms with van der Waals surface area (Å²) in [6.45, 7) is 0. The van der Waals surface area contributed by atoms with E-state index in [1.54, 1.807) is 18.3 Å². The average Bonchev–Trinajstić information content (AvgIpc) is 3.10. The molecule has 1 amide bonds. The standard InChI is InChI=1S/C18H14FN3O3S/c1-25-17(24)12-4-7-15(20-9-12)16(23)22-18-21-10-14(26-18)8-11-2-5-13(19)6-3-11/h2-7,9-10H,8H2,1H3,(H,21,22,23). The summed E-state index contributed by atoms with van der Waals surface area (Å²) >= 11 is 1.33. The topological polar surface area (TPSA) is 81.2 Å². The monoisotopic (exact) mass is 371 g/mol. The number of ether oxygens (including phenoxy) is 1. The van der Waals surface area contributed by atoms with Crippen LogP contribution in [0.1, 0.15) is 31.3 Å². The third-order valence-electron chi connectivity index (χ3n) is 3.48. The number of anilines is 1. The quantitative estimate of drug-likeness (QED) is 0.696. The molecule has 0 radical (unpaired) electrons. The minimum absolute atomic E-state index is 0.160. The number of nitrogens with one attached hydrogen (secondary N) is 1. The predicted octanol–water partition coefficient (Wildman–Crippen LogP) is 3.31. The number of methoxy groups -OCH3 is 1. The molecule has 0 saturated heterocycles. The van der Waals surface area contributed by atoms with E-state index in [1.807, 2.05) is 0 Å². The number of esters is 1. The summed E-state index contributed by atoms with van der Waals surface area (Å²) in [5.74, 6) is -1.23. The second kappa shape index (κ2) is 7.83. The van der Waals surface area contributed by atoms with E-state index in [9.17, 15) is 14.0 Å². The Morgan fingerprint density at radius 2 is 1.88 bits per heavy atom. The molecule has 1 aromatic carbocycles. The molecule has 6 nitrogen and oxygen atoms in total. The average molecular weight is 371 g/mol. The smallest absolute Gasteiger partial charge is 0.339 e. The lowest BCUT2D eigenvalue weighted by molar-refractivity contribution is 0.0600. The van der Waals surface area contributed by atoms with Gasteiger partial charge in [-0.3, -0.25) is 15.1 Å². The van der Waals surface area contributed by atoms with Gasteiger partial charge in [-0.1, -0.05) is 12.1 Å². The molecule has 0 aliphatic carbocycles. The molecule has 3 aromatic rings. The van der Waals surface area contributed by atoms with Crippen LogP contribution in [-0.4, -0.2) is 29.0 Å². The van der Waals surface area contributed by atoms with Crippen LogP contribution in [0.25, 0.3) is 0 Å². The van der Waals surface area contributed by atoms with Gasteiger partial charge in [-0.25, -0.2) is 14.2 Å². The lowest BCUT2D eigenvalue weighted by atomic mass is 10.1. The van der Waals surface area contributed by atoms with Crippen LogP contribution < -0.4 is 5.32 Å². The fourth-order valence-electron chi connectivity index (χ4n) is 2.18. The summed E-state index contributed by atoms with van der Waals surface area (Å²) in [7, 11) is 1.27. The van der Waals surface area contributed by atoms with E-state index >= 15 is 0 Å². The van der Waals surface area contributed by atoms with Crippen molar-refractivity contribution in [3.63, 3.8) is 0 Å². The first-order chi connectivity index (χ1) is 12.5. The van der Waals surface area contributed by atoms with Gasteiger partial charge in [-0.2, -0.15) is 0 Å². The number of halogens is 1. The van der Waals surface area contributed by atoms with E-state index in [2.05, 4.69) is 20.0 Å². The Bertz CT molecular complexity index is 924. The van der Waals surface area contributed by atoms with Gasteiger partial charge in [0, 0.05) is 23.7 Å². The Hall–Kier alpha value is -3.13. The predicted molar refractivity (Wildman–Crippen MR) is 94.8 cm³/mol. The maximum atomic E-state index is 12.9. The zero-order valence-electron chi connectivity index (χ0n) is 13.7. The van der Waals surface area contributed by atoms with Crippen molar-refractivity contribution in [1.82, 2.24) is 9.97 Å². The third-order valence-corrected chi connectivity index (χ3v) is 4.40. The van der Waals surface area contributed by atoms with Gasteiger partial charge in [-0.15, -0.1) is 11.3 Å². The molecule has 2 aromatic heterocycles. The van der Waals surface area contributed by atoms with Crippen molar-refractivity contribution in [2.45, 2.75) is 6.42 Å². The van der Waals surface area contributed by atoms with Gasteiger partial charge in [0.25, 0.3) is 5.91 Å². The van der Waals surface area contributed by atoms with Crippen LogP contribution in [0.2, 0.25) is 0 Å². The molecular formula is C18H14FN3O3S. The van der Waals surface area contributed by atoms with Gasteiger partial charge in [0.1, 0.15) is 11.5 Å². The molecule has 0 spiro atoms. The zero-order chi connectivity index (χ0) is 18.5. The molecule has 26 heavy (non-hydrogen) atoms. The highest BCUT2D eigenvalue weighted by Crippen LogP contribution is 2.21. The van der Waals surface area contributed by atoms with Crippen LogP contribution in [0.4, 0.5) is 9.52 Å². The maximum absolute atomic E-state index is 12.9. The van der Waals surface area contributed by atoms with Crippen molar-refractivity contribution in [2.24, 2.45) is 0 Å². The van der Waals surface area contributed by atoms with Crippen LogP contribution in [0.5, 0.6) is 0 Å². The SMILES string of the molecule is COC(=O)c1ccc(C(=O)Nc2ncc(Cc3ccc(F)cc3)s2)nc1. The summed E-state index contributed by atoms with van der Waals surface area (Å²) in [6, 6.07) is 9.13. The molecular weight excluding hydrogens is 357 g/mol. The molecule has 0 saturated carbocycles. The van der Waals surface area contributed by atoms with Crippen molar-refractivity contribution >= 4 is 28.3 Å². The first kappa shape index (κ1) is 17.7. The van der Waals surface area contributed by atoms with Crippen molar-refractivity contribution in [2.75, 3.05) is 12.4 Å². The lowest BCUT2D eigenvalue weighted by Gasteiger charge is -2.02. The van der Waals surface area contributed by atoms with Crippen LogP contribution in [-0.2, 0) is 11.2 Å². The maximum Gasteiger partial charge on any atom is 0.339 e. The van der Waals surface area contributed by atoms with Crippen molar-refractivity contribution in [3.8, 4) is 0 Å². The largest absolute Gasteiger partial charge is 0.465 e. The van der Waals surface area contributed by atoms with E-state index in [0.717, 1.165) is 10.4 Å². The zero-order valence-corrected chi connectivity index (χ0v) is 14.5. The van der Waals surface area contributed by atoms with Crippen molar-refractivity contribution in [1.29, 1.82) is 0 Å². The van der Waals surface area contributed by atoms with Crippen LogP contribution >= 0.6 is 11.3 Å². The lowest BCUT2D eigenvalue weighted by Crippen LogP contribution is -2.14. The Balaban J connectivity index is 1.63. The fraction of sp³-hybridized carbons (Fsp3) is 0.111. The second-order valence-corrected chi connectivity index (χ2v) is 6.43. The van der Waals surface area contributed by atoms with Gasteiger partial charge in [0.2, 0.25) is 0 Å². The van der Waals surface area contributed by atoms with Crippen LogP contribution in [0.15, 0.2) is 48.8 Å². The molecule has 8 heteroatoms. The summed E-state index contributed by atoms with van der Waals surface area (Å²) in [6.07, 6.45) is 3.54. The van der Waals surface area contributed by atoms with E-state index in [0.29, 0.717) is 11.6 Å². The number of carbonyl (C=O) groups excluding carboxylic acids is 2. The molecule has 0 unspecified atom stereocenters.